The Labute approximate surface area is 160 Å². The molecule has 8 heteroatoms. The number of hydrogen-bond donors (Lipinski definition) is 1. The Kier molecular flexibility index (Phi) is 7.00. The number of para-hydroxylation sites is 1. The molecule has 2 rings (SSSR count). The zero-order valence-electron chi connectivity index (χ0n) is 13.8. The van der Waals surface area contributed by atoms with Crippen molar-refractivity contribution in [2.24, 2.45) is 0 Å². The number of methoxy groups -OCH3 is 1. The second-order valence-electron chi connectivity index (χ2n) is 5.16. The standard InChI is InChI=1S/C18H15Cl2NO5/c1-25-18(24)13-4-2-3-5-15(13)21-16(22)10-26-17(23)8-11-6-7-12(19)9-14(11)20/h2-7,9H,8,10H2,1H3,(H,21,22). The smallest absolute Gasteiger partial charge is 0.339 e. The first-order valence-electron chi connectivity index (χ1n) is 7.47. The van der Waals surface area contributed by atoms with E-state index in [1.807, 2.05) is 0 Å². The quantitative estimate of drug-likeness (QED) is 0.756. The molecule has 0 radical (unpaired) electrons. The maximum Gasteiger partial charge on any atom is 0.339 e. The first-order chi connectivity index (χ1) is 12.4. The van der Waals surface area contributed by atoms with Gasteiger partial charge in [-0.3, -0.25) is 9.59 Å². The predicted molar refractivity (Wildman–Crippen MR) is 97.5 cm³/mol. The van der Waals surface area contributed by atoms with Gasteiger partial charge in [0.05, 0.1) is 24.8 Å². The topological polar surface area (TPSA) is 81.7 Å². The molecule has 6 nitrogen and oxygen atoms in total. The molecular weight excluding hydrogens is 381 g/mol. The summed E-state index contributed by atoms with van der Waals surface area (Å²) in [6.07, 6.45) is -0.0952. The summed E-state index contributed by atoms with van der Waals surface area (Å²) in [4.78, 5) is 35.5. The minimum absolute atomic E-state index is 0.0952. The molecule has 0 saturated heterocycles. The zero-order chi connectivity index (χ0) is 19.1. The van der Waals surface area contributed by atoms with Gasteiger partial charge < -0.3 is 14.8 Å². The van der Waals surface area contributed by atoms with Crippen molar-refractivity contribution in [3.05, 3.63) is 63.6 Å². The van der Waals surface area contributed by atoms with Gasteiger partial charge in [0, 0.05) is 10.0 Å². The highest BCUT2D eigenvalue weighted by Crippen LogP contribution is 2.21. The van der Waals surface area contributed by atoms with Gasteiger partial charge in [-0.05, 0) is 29.8 Å². The van der Waals surface area contributed by atoms with Crippen LogP contribution in [-0.2, 0) is 25.5 Å². The largest absolute Gasteiger partial charge is 0.465 e. The van der Waals surface area contributed by atoms with E-state index >= 15 is 0 Å². The number of ether oxygens (including phenoxy) is 2. The Bertz CT molecular complexity index is 838. The SMILES string of the molecule is COC(=O)c1ccccc1NC(=O)COC(=O)Cc1ccc(Cl)cc1Cl. The maximum absolute atomic E-state index is 12.0. The summed E-state index contributed by atoms with van der Waals surface area (Å²) in [5, 5.41) is 3.30. The normalized spacial score (nSPS) is 10.1. The number of nitrogens with one attached hydrogen (secondary N) is 1. The van der Waals surface area contributed by atoms with Crippen molar-refractivity contribution in [2.75, 3.05) is 19.0 Å². The molecule has 1 amide bonds. The minimum atomic E-state index is -0.620. The van der Waals surface area contributed by atoms with Crippen LogP contribution in [0, 0.1) is 0 Å². The number of rotatable bonds is 6. The van der Waals surface area contributed by atoms with E-state index in [0.29, 0.717) is 15.6 Å². The second-order valence-corrected chi connectivity index (χ2v) is 6.00. The Balaban J connectivity index is 1.91. The third-order valence-corrected chi connectivity index (χ3v) is 3.91. The Morgan fingerprint density at radius 1 is 1.08 bits per heavy atom. The average Bonchev–Trinajstić information content (AvgIpc) is 2.62. The fourth-order valence-electron chi connectivity index (χ4n) is 2.08. The number of anilines is 1. The number of esters is 2. The molecule has 0 saturated carbocycles. The van der Waals surface area contributed by atoms with Gasteiger partial charge in [0.25, 0.3) is 5.91 Å². The van der Waals surface area contributed by atoms with Crippen LogP contribution in [0.4, 0.5) is 5.69 Å². The molecule has 1 N–H and O–H groups in total. The Hall–Kier alpha value is -2.57. The number of hydrogen-bond acceptors (Lipinski definition) is 5. The fourth-order valence-corrected chi connectivity index (χ4v) is 2.56. The molecule has 0 fully saturated rings. The van der Waals surface area contributed by atoms with Crippen LogP contribution in [0.2, 0.25) is 10.0 Å². The Morgan fingerprint density at radius 2 is 1.81 bits per heavy atom. The lowest BCUT2D eigenvalue weighted by atomic mass is 10.1. The number of carbonyl (C=O) groups is 3. The highest BCUT2D eigenvalue weighted by Gasteiger charge is 2.15. The molecule has 0 spiro atoms. The number of halogens is 2. The molecule has 0 aliphatic rings. The highest BCUT2D eigenvalue weighted by atomic mass is 35.5. The zero-order valence-corrected chi connectivity index (χ0v) is 15.3. The average molecular weight is 396 g/mol. The van der Waals surface area contributed by atoms with Crippen molar-refractivity contribution < 1.29 is 23.9 Å². The van der Waals surface area contributed by atoms with E-state index in [0.717, 1.165) is 0 Å². The van der Waals surface area contributed by atoms with Crippen molar-refractivity contribution in [3.63, 3.8) is 0 Å². The molecule has 0 heterocycles. The fraction of sp³-hybridized carbons (Fsp3) is 0.167. The number of benzene rings is 2. The molecule has 0 aliphatic carbocycles. The first kappa shape index (κ1) is 19.8. The van der Waals surface area contributed by atoms with Gasteiger partial charge in [-0.2, -0.15) is 0 Å². The summed E-state index contributed by atoms with van der Waals surface area (Å²) in [7, 11) is 1.24. The van der Waals surface area contributed by atoms with Gasteiger partial charge in [0.15, 0.2) is 6.61 Å². The molecule has 2 aromatic carbocycles. The highest BCUT2D eigenvalue weighted by molar-refractivity contribution is 6.35. The molecule has 26 heavy (non-hydrogen) atoms. The predicted octanol–water partition coefficient (Wildman–Crippen LogP) is 3.50. The molecular formula is C18H15Cl2NO5. The van der Waals surface area contributed by atoms with Crippen molar-refractivity contribution in [3.8, 4) is 0 Å². The maximum atomic E-state index is 12.0. The lowest BCUT2D eigenvalue weighted by Crippen LogP contribution is -2.23. The lowest BCUT2D eigenvalue weighted by molar-refractivity contribution is -0.146. The van der Waals surface area contributed by atoms with Gasteiger partial charge in [0.1, 0.15) is 0 Å². The van der Waals surface area contributed by atoms with Gasteiger partial charge in [-0.25, -0.2) is 4.79 Å². The summed E-state index contributed by atoms with van der Waals surface area (Å²) >= 11 is 11.8. The minimum Gasteiger partial charge on any atom is -0.465 e. The van der Waals surface area contributed by atoms with E-state index in [2.05, 4.69) is 10.1 Å². The van der Waals surface area contributed by atoms with Crippen molar-refractivity contribution in [1.82, 2.24) is 0 Å². The first-order valence-corrected chi connectivity index (χ1v) is 8.23. The van der Waals surface area contributed by atoms with E-state index in [1.165, 1.54) is 19.2 Å². The monoisotopic (exact) mass is 395 g/mol. The van der Waals surface area contributed by atoms with E-state index < -0.39 is 24.5 Å². The van der Waals surface area contributed by atoms with Gasteiger partial charge in [0.2, 0.25) is 0 Å². The van der Waals surface area contributed by atoms with Crippen LogP contribution in [0.5, 0.6) is 0 Å². The molecule has 0 aliphatic heterocycles. The summed E-state index contributed by atoms with van der Waals surface area (Å²) in [5.74, 6) is -1.79. The molecule has 0 bridgehead atoms. The summed E-state index contributed by atoms with van der Waals surface area (Å²) in [6, 6.07) is 11.1. The van der Waals surface area contributed by atoms with Crippen molar-refractivity contribution >= 4 is 46.7 Å². The third kappa shape index (κ3) is 5.47. The molecule has 0 atom stereocenters. The van der Waals surface area contributed by atoms with E-state index in [4.69, 9.17) is 27.9 Å². The molecule has 136 valence electrons. The van der Waals surface area contributed by atoms with Gasteiger partial charge >= 0.3 is 11.9 Å². The van der Waals surface area contributed by atoms with Crippen LogP contribution in [0.3, 0.4) is 0 Å². The number of amides is 1. The van der Waals surface area contributed by atoms with E-state index in [9.17, 15) is 14.4 Å². The number of carbonyl (C=O) groups excluding carboxylic acids is 3. The molecule has 0 aromatic heterocycles. The lowest BCUT2D eigenvalue weighted by Gasteiger charge is -2.10. The van der Waals surface area contributed by atoms with Crippen molar-refractivity contribution in [2.45, 2.75) is 6.42 Å². The Morgan fingerprint density at radius 3 is 2.50 bits per heavy atom. The van der Waals surface area contributed by atoms with Crippen LogP contribution >= 0.6 is 23.2 Å². The molecule has 2 aromatic rings. The molecule has 0 unspecified atom stereocenters. The van der Waals surface area contributed by atoms with Crippen LogP contribution in [0.25, 0.3) is 0 Å². The second kappa shape index (κ2) is 9.22. The third-order valence-electron chi connectivity index (χ3n) is 3.32. The van der Waals surface area contributed by atoms with E-state index in [-0.39, 0.29) is 17.7 Å². The van der Waals surface area contributed by atoms with Crippen LogP contribution in [0.15, 0.2) is 42.5 Å². The summed E-state index contributed by atoms with van der Waals surface area (Å²) in [5.41, 5.74) is 1.00. The van der Waals surface area contributed by atoms with Gasteiger partial charge in [-0.15, -0.1) is 0 Å². The van der Waals surface area contributed by atoms with E-state index in [1.54, 1.807) is 30.3 Å². The van der Waals surface area contributed by atoms with Crippen LogP contribution in [-0.4, -0.2) is 31.6 Å². The summed E-state index contributed by atoms with van der Waals surface area (Å²) < 4.78 is 9.58. The summed E-state index contributed by atoms with van der Waals surface area (Å²) in [6.45, 7) is -0.500. The van der Waals surface area contributed by atoms with Crippen LogP contribution < -0.4 is 5.32 Å². The van der Waals surface area contributed by atoms with Crippen molar-refractivity contribution in [1.29, 1.82) is 0 Å². The van der Waals surface area contributed by atoms with Crippen LogP contribution in [0.1, 0.15) is 15.9 Å². The van der Waals surface area contributed by atoms with Gasteiger partial charge in [-0.1, -0.05) is 41.4 Å².